The molecule has 2 aromatic carbocycles. The fourth-order valence-electron chi connectivity index (χ4n) is 4.23. The predicted octanol–water partition coefficient (Wildman–Crippen LogP) is 3.66. The molecule has 2 aliphatic rings. The predicted molar refractivity (Wildman–Crippen MR) is 154 cm³/mol. The minimum atomic E-state index is -1.20. The lowest BCUT2D eigenvalue weighted by Gasteiger charge is -2.28. The third-order valence-electron chi connectivity index (χ3n) is 6.34. The molecule has 1 fully saturated rings. The van der Waals surface area contributed by atoms with E-state index >= 15 is 0 Å². The summed E-state index contributed by atoms with van der Waals surface area (Å²) < 4.78 is 11.0. The van der Waals surface area contributed by atoms with Crippen molar-refractivity contribution < 1.29 is 14.3 Å². The number of carbonyl (C=O) groups excluding carboxylic acids is 1. The van der Waals surface area contributed by atoms with Crippen LogP contribution in [0.25, 0.3) is 0 Å². The number of aromatic nitrogens is 1. The number of rotatable bonds is 6. The van der Waals surface area contributed by atoms with Gasteiger partial charge in [-0.25, -0.2) is 9.98 Å². The van der Waals surface area contributed by atoms with Crippen molar-refractivity contribution in [3.05, 3.63) is 81.3 Å². The van der Waals surface area contributed by atoms with E-state index in [0.717, 1.165) is 11.1 Å². The Morgan fingerprint density at radius 2 is 1.85 bits per heavy atom. The monoisotopic (exact) mass is 560 g/mol. The van der Waals surface area contributed by atoms with E-state index in [2.05, 4.69) is 25.8 Å². The van der Waals surface area contributed by atoms with E-state index in [1.807, 2.05) is 53.4 Å². The maximum Gasteiger partial charge on any atom is 0.290 e. The molecule has 1 atom stereocenters. The number of amides is 1. The van der Waals surface area contributed by atoms with E-state index in [1.165, 1.54) is 11.3 Å². The molecular weight excluding hydrogens is 532 g/mol. The SMILES string of the molecule is CC(C)(N=O)c1nc(C(=N)OC(=N)NC2N=C(c3ccccc3)c3ccccc3NC2=O)c(N2CCOCC2)s1. The van der Waals surface area contributed by atoms with Crippen LogP contribution in [0.2, 0.25) is 0 Å². The maximum atomic E-state index is 13.1. The molecule has 0 aliphatic carbocycles. The third kappa shape index (κ3) is 5.60. The summed E-state index contributed by atoms with van der Waals surface area (Å²) in [5.41, 5.74) is 1.77. The molecule has 2 aliphatic heterocycles. The van der Waals surface area contributed by atoms with E-state index < -0.39 is 29.5 Å². The molecule has 0 saturated carbocycles. The van der Waals surface area contributed by atoms with Crippen LogP contribution in [-0.4, -0.2) is 61.0 Å². The molecule has 3 aromatic rings. The number of carbonyl (C=O) groups is 1. The molecular formula is C27H28N8O4S. The van der Waals surface area contributed by atoms with Crippen molar-refractivity contribution in [1.29, 1.82) is 10.8 Å². The molecule has 4 N–H and O–H groups in total. The van der Waals surface area contributed by atoms with Crippen LogP contribution in [0.3, 0.4) is 0 Å². The van der Waals surface area contributed by atoms with Gasteiger partial charge in [0.25, 0.3) is 11.9 Å². The summed E-state index contributed by atoms with van der Waals surface area (Å²) >= 11 is 1.25. The number of hydrogen-bond donors (Lipinski definition) is 4. The Morgan fingerprint density at radius 1 is 1.15 bits per heavy atom. The van der Waals surface area contributed by atoms with Crippen LogP contribution in [-0.2, 0) is 19.8 Å². The minimum absolute atomic E-state index is 0.177. The Balaban J connectivity index is 1.40. The zero-order chi connectivity index (χ0) is 28.3. The van der Waals surface area contributed by atoms with Gasteiger partial charge in [-0.05, 0) is 19.9 Å². The zero-order valence-corrected chi connectivity index (χ0v) is 22.7. The first-order chi connectivity index (χ1) is 19.3. The molecule has 0 radical (unpaired) electrons. The number of aliphatic imine (C=N–C) groups is 1. The number of ether oxygens (including phenoxy) is 2. The molecule has 3 heterocycles. The number of para-hydroxylation sites is 1. The third-order valence-corrected chi connectivity index (χ3v) is 7.77. The van der Waals surface area contributed by atoms with Gasteiger partial charge in [0.2, 0.25) is 12.1 Å². The van der Waals surface area contributed by atoms with Crippen LogP contribution in [0.4, 0.5) is 10.7 Å². The van der Waals surface area contributed by atoms with Gasteiger partial charge in [-0.2, -0.15) is 0 Å². The molecule has 1 unspecified atom stereocenters. The van der Waals surface area contributed by atoms with Gasteiger partial charge >= 0.3 is 0 Å². The molecule has 13 heteroatoms. The number of amidine groups is 1. The Morgan fingerprint density at radius 3 is 2.58 bits per heavy atom. The van der Waals surface area contributed by atoms with Gasteiger partial charge in [0.15, 0.2) is 5.69 Å². The number of fused-ring (bicyclic) bond motifs is 1. The van der Waals surface area contributed by atoms with Crippen molar-refractivity contribution in [3.63, 3.8) is 0 Å². The number of benzene rings is 2. The highest BCUT2D eigenvalue weighted by molar-refractivity contribution is 7.16. The maximum absolute atomic E-state index is 13.1. The van der Waals surface area contributed by atoms with Crippen LogP contribution in [0.15, 0.2) is 64.8 Å². The van der Waals surface area contributed by atoms with Gasteiger partial charge < -0.3 is 25.0 Å². The van der Waals surface area contributed by atoms with Crippen LogP contribution in [0.1, 0.15) is 35.7 Å². The topological polar surface area (TPSA) is 165 Å². The Labute approximate surface area is 234 Å². The molecule has 40 heavy (non-hydrogen) atoms. The van der Waals surface area contributed by atoms with Gasteiger partial charge in [-0.1, -0.05) is 65.0 Å². The molecule has 1 saturated heterocycles. The number of anilines is 2. The van der Waals surface area contributed by atoms with E-state index in [0.29, 0.717) is 47.7 Å². The van der Waals surface area contributed by atoms with Gasteiger partial charge in [-0.3, -0.25) is 15.6 Å². The van der Waals surface area contributed by atoms with Crippen molar-refractivity contribution in [1.82, 2.24) is 10.3 Å². The average molecular weight is 561 g/mol. The second kappa shape index (κ2) is 11.3. The van der Waals surface area contributed by atoms with E-state index in [4.69, 9.17) is 20.3 Å². The lowest BCUT2D eigenvalue weighted by atomic mass is 10.0. The number of morpholine rings is 1. The number of hydrogen-bond acceptors (Lipinski definition) is 11. The summed E-state index contributed by atoms with van der Waals surface area (Å²) in [5, 5.41) is 26.8. The molecule has 206 valence electrons. The van der Waals surface area contributed by atoms with Gasteiger partial charge in [-0.15, -0.1) is 4.91 Å². The first kappa shape index (κ1) is 27.1. The minimum Gasteiger partial charge on any atom is -0.405 e. The van der Waals surface area contributed by atoms with E-state index in [1.54, 1.807) is 19.9 Å². The Kier molecular flexibility index (Phi) is 7.67. The summed E-state index contributed by atoms with van der Waals surface area (Å²) in [6.07, 6.45) is -1.20. The van der Waals surface area contributed by atoms with E-state index in [9.17, 15) is 9.70 Å². The van der Waals surface area contributed by atoms with Gasteiger partial charge in [0.1, 0.15) is 15.5 Å². The highest BCUT2D eigenvalue weighted by Crippen LogP contribution is 2.37. The molecule has 0 bridgehead atoms. The fourth-order valence-corrected chi connectivity index (χ4v) is 5.38. The summed E-state index contributed by atoms with van der Waals surface area (Å²) in [5.74, 6) is -0.894. The molecule has 12 nitrogen and oxygen atoms in total. The van der Waals surface area contributed by atoms with Crippen molar-refractivity contribution in [3.8, 4) is 0 Å². The summed E-state index contributed by atoms with van der Waals surface area (Å²) in [7, 11) is 0. The standard InChI is InChI=1S/C27H28N8O4S/c1-27(2,34-37)25-32-20(24(40-25)35-12-14-38-15-13-35)21(28)39-26(29)33-22-23(36)30-18-11-7-6-10-17(18)19(31-22)16-8-4-3-5-9-16/h3-11,22,28H,12-15H2,1-2H3,(H2,29,33)(H,30,36). The lowest BCUT2D eigenvalue weighted by molar-refractivity contribution is -0.117. The van der Waals surface area contributed by atoms with Crippen LogP contribution in [0, 0.1) is 15.7 Å². The van der Waals surface area contributed by atoms with Crippen LogP contribution >= 0.6 is 11.3 Å². The quantitative estimate of drug-likeness (QED) is 0.203. The number of thiazole rings is 1. The number of nitrogens with one attached hydrogen (secondary N) is 4. The largest absolute Gasteiger partial charge is 0.405 e. The van der Waals surface area contributed by atoms with Crippen molar-refractivity contribution in [2.75, 3.05) is 36.5 Å². The molecule has 5 rings (SSSR count). The first-order valence-corrected chi connectivity index (χ1v) is 13.4. The Hall–Kier alpha value is -4.49. The highest BCUT2D eigenvalue weighted by atomic mass is 32.1. The number of benzodiazepines with no additional fused rings is 1. The lowest BCUT2D eigenvalue weighted by Crippen LogP contribution is -2.43. The fraction of sp³-hybridized carbons (Fsp3) is 0.296. The average Bonchev–Trinajstić information content (AvgIpc) is 3.38. The normalized spacial score (nSPS) is 17.1. The van der Waals surface area contributed by atoms with Crippen LogP contribution < -0.4 is 15.5 Å². The second-order valence-electron chi connectivity index (χ2n) is 9.61. The highest BCUT2D eigenvalue weighted by Gasteiger charge is 2.32. The number of nitroso groups, excluding NO2 is 1. The Bertz CT molecular complexity index is 1480. The van der Waals surface area contributed by atoms with Gasteiger partial charge in [0.05, 0.1) is 24.6 Å². The van der Waals surface area contributed by atoms with E-state index in [-0.39, 0.29) is 5.69 Å². The molecule has 1 aromatic heterocycles. The molecule has 1 amide bonds. The number of nitrogens with zero attached hydrogens (tertiary/aromatic N) is 4. The molecule has 0 spiro atoms. The summed E-state index contributed by atoms with van der Waals surface area (Å²) in [6, 6.07) is 16.2. The van der Waals surface area contributed by atoms with Crippen molar-refractivity contribution in [2.45, 2.75) is 25.6 Å². The van der Waals surface area contributed by atoms with Crippen LogP contribution in [0.5, 0.6) is 0 Å². The summed E-state index contributed by atoms with van der Waals surface area (Å²) in [4.78, 5) is 35.7. The van der Waals surface area contributed by atoms with Crippen molar-refractivity contribution >= 4 is 45.6 Å². The van der Waals surface area contributed by atoms with Gasteiger partial charge in [0, 0.05) is 24.2 Å². The smallest absolute Gasteiger partial charge is 0.290 e. The first-order valence-electron chi connectivity index (χ1n) is 12.6. The second-order valence-corrected chi connectivity index (χ2v) is 10.6. The van der Waals surface area contributed by atoms with Crippen molar-refractivity contribution in [2.24, 2.45) is 10.2 Å². The summed E-state index contributed by atoms with van der Waals surface area (Å²) in [6.45, 7) is 5.46. The zero-order valence-electron chi connectivity index (χ0n) is 21.9.